The summed E-state index contributed by atoms with van der Waals surface area (Å²) in [6.45, 7) is 8.63. The van der Waals surface area contributed by atoms with Gasteiger partial charge in [-0.2, -0.15) is 0 Å². The number of nitrogen functional groups attached to an aromatic ring is 2. The highest BCUT2D eigenvalue weighted by Gasteiger charge is 2.12. The fraction of sp³-hybridized carbons (Fsp3) is 0.240. The summed E-state index contributed by atoms with van der Waals surface area (Å²) >= 11 is 0. The number of benzene rings is 2. The number of nitrogens with two attached hydrogens (primary N) is 2. The highest BCUT2D eigenvalue weighted by molar-refractivity contribution is 5.95. The van der Waals surface area contributed by atoms with Gasteiger partial charge in [-0.15, -0.1) is 0 Å². The van der Waals surface area contributed by atoms with E-state index in [4.69, 9.17) is 31.8 Å². The van der Waals surface area contributed by atoms with Gasteiger partial charge < -0.3 is 20.9 Å². The molecular weight excluding hydrogens is 402 g/mol. The third-order valence-corrected chi connectivity index (χ3v) is 4.77. The molecule has 0 spiro atoms. The number of nitrogens with one attached hydrogen (secondary N) is 2. The average molecular weight is 434 g/mol. The van der Waals surface area contributed by atoms with E-state index in [1.165, 1.54) is 0 Å². The first-order valence-corrected chi connectivity index (χ1v) is 10.4. The Morgan fingerprint density at radius 3 is 1.88 bits per heavy atom. The summed E-state index contributed by atoms with van der Waals surface area (Å²) in [5.74, 6) is 1.49. The second-order valence-electron chi connectivity index (χ2n) is 6.95. The molecule has 0 saturated carbocycles. The van der Waals surface area contributed by atoms with Crippen molar-refractivity contribution in [2.24, 2.45) is 11.5 Å². The van der Waals surface area contributed by atoms with Crippen LogP contribution in [0.2, 0.25) is 0 Å². The fourth-order valence-electron chi connectivity index (χ4n) is 2.93. The van der Waals surface area contributed by atoms with Crippen LogP contribution in [-0.4, -0.2) is 16.7 Å². The number of amidine groups is 2. The molecule has 3 aromatic rings. The smallest absolute Gasteiger partial charge is 0.144 e. The lowest BCUT2D eigenvalue weighted by Crippen LogP contribution is -2.11. The topological polar surface area (TPSA) is 131 Å². The minimum Gasteiger partial charge on any atom is -0.489 e. The molecule has 0 saturated heterocycles. The molecule has 3 rings (SSSR count). The van der Waals surface area contributed by atoms with Crippen molar-refractivity contribution in [3.8, 4) is 11.5 Å². The Morgan fingerprint density at radius 2 is 1.34 bits per heavy atom. The van der Waals surface area contributed by atoms with Crippen LogP contribution in [0.15, 0.2) is 54.7 Å². The molecule has 2 aromatic carbocycles. The normalized spacial score (nSPS) is 10.0. The van der Waals surface area contributed by atoms with Crippen molar-refractivity contribution in [3.05, 3.63) is 88.2 Å². The number of rotatable bonds is 8. The first kappa shape index (κ1) is 24.4. The number of hydrogen-bond acceptors (Lipinski definition) is 5. The van der Waals surface area contributed by atoms with Crippen molar-refractivity contribution >= 4 is 11.7 Å². The summed E-state index contributed by atoms with van der Waals surface area (Å²) in [5.41, 5.74) is 16.0. The summed E-state index contributed by atoms with van der Waals surface area (Å²) in [5, 5.41) is 14.9. The third-order valence-electron chi connectivity index (χ3n) is 4.77. The molecule has 32 heavy (non-hydrogen) atoms. The maximum atomic E-state index is 7.46. The Balaban J connectivity index is 0.00000176. The van der Waals surface area contributed by atoms with Crippen LogP contribution in [0.4, 0.5) is 0 Å². The predicted octanol–water partition coefficient (Wildman–Crippen LogP) is 4.45. The number of aromatic nitrogens is 1. The van der Waals surface area contributed by atoms with E-state index in [0.29, 0.717) is 30.1 Å². The van der Waals surface area contributed by atoms with Gasteiger partial charge >= 0.3 is 0 Å². The second kappa shape index (κ2) is 11.5. The van der Waals surface area contributed by atoms with Crippen LogP contribution in [0.5, 0.6) is 11.5 Å². The van der Waals surface area contributed by atoms with Crippen molar-refractivity contribution in [1.82, 2.24) is 4.98 Å². The van der Waals surface area contributed by atoms with Gasteiger partial charge in [0, 0.05) is 28.5 Å². The van der Waals surface area contributed by atoms with E-state index in [9.17, 15) is 0 Å². The quantitative estimate of drug-likeness (QED) is 0.308. The van der Waals surface area contributed by atoms with Crippen LogP contribution in [0.1, 0.15) is 47.4 Å². The first-order chi connectivity index (χ1) is 15.3. The molecule has 0 unspecified atom stereocenters. The standard InChI is InChI=1S/C23H25N5O2.C2H6/c1-14-19(13-29-20-9-7-18(8-10-20)23(26)27)11-28-15(2)21(14)30-12-16-3-5-17(6-4-16)22(24)25;1-2/h3-11H,12-13H2,1-2H3,(H3,24,25)(H3,26,27);1-2H3. The molecule has 7 heteroatoms. The highest BCUT2D eigenvalue weighted by Crippen LogP contribution is 2.26. The lowest BCUT2D eigenvalue weighted by atomic mass is 10.1. The third kappa shape index (κ3) is 6.31. The average Bonchev–Trinajstić information content (AvgIpc) is 2.80. The van der Waals surface area contributed by atoms with Crippen LogP contribution in [-0.2, 0) is 13.2 Å². The monoisotopic (exact) mass is 433 g/mol. The lowest BCUT2D eigenvalue weighted by molar-refractivity contribution is 0.290. The number of hydrogen-bond donors (Lipinski definition) is 4. The molecular formula is C25H31N5O2. The molecule has 168 valence electrons. The lowest BCUT2D eigenvalue weighted by Gasteiger charge is -2.15. The van der Waals surface area contributed by atoms with Gasteiger partial charge in [0.05, 0.1) is 5.69 Å². The maximum absolute atomic E-state index is 7.46. The Hall–Kier alpha value is -3.87. The summed E-state index contributed by atoms with van der Waals surface area (Å²) in [4.78, 5) is 4.44. The Morgan fingerprint density at radius 1 is 0.812 bits per heavy atom. The number of ether oxygens (including phenoxy) is 2. The van der Waals surface area contributed by atoms with Gasteiger partial charge in [0.15, 0.2) is 0 Å². The van der Waals surface area contributed by atoms with E-state index in [1.807, 2.05) is 39.8 Å². The SMILES string of the molecule is CC.Cc1ncc(COc2ccc(C(=N)N)cc2)c(C)c1OCc1ccc(C(=N)N)cc1. The highest BCUT2D eigenvalue weighted by atomic mass is 16.5. The maximum Gasteiger partial charge on any atom is 0.144 e. The fourth-order valence-corrected chi connectivity index (χ4v) is 2.93. The molecule has 1 heterocycles. The Bertz CT molecular complexity index is 1060. The first-order valence-electron chi connectivity index (χ1n) is 10.4. The van der Waals surface area contributed by atoms with Crippen molar-refractivity contribution < 1.29 is 9.47 Å². The van der Waals surface area contributed by atoms with Gasteiger partial charge in [0.1, 0.15) is 36.4 Å². The van der Waals surface area contributed by atoms with E-state index in [-0.39, 0.29) is 11.7 Å². The number of aryl methyl sites for hydroxylation is 1. The summed E-state index contributed by atoms with van der Waals surface area (Å²) in [6.07, 6.45) is 1.79. The minimum atomic E-state index is 0.0258. The van der Waals surface area contributed by atoms with Gasteiger partial charge in [-0.3, -0.25) is 15.8 Å². The van der Waals surface area contributed by atoms with Crippen LogP contribution in [0, 0.1) is 24.7 Å². The molecule has 1 aromatic heterocycles. The minimum absolute atomic E-state index is 0.0258. The zero-order chi connectivity index (χ0) is 23.7. The van der Waals surface area contributed by atoms with Gasteiger partial charge in [0.2, 0.25) is 0 Å². The van der Waals surface area contributed by atoms with Gasteiger partial charge in [-0.25, -0.2) is 0 Å². The largest absolute Gasteiger partial charge is 0.489 e. The van der Waals surface area contributed by atoms with Crippen LogP contribution >= 0.6 is 0 Å². The van der Waals surface area contributed by atoms with Crippen LogP contribution < -0.4 is 20.9 Å². The molecule has 7 nitrogen and oxygen atoms in total. The zero-order valence-electron chi connectivity index (χ0n) is 19.0. The van der Waals surface area contributed by atoms with Crippen molar-refractivity contribution in [3.63, 3.8) is 0 Å². The Labute approximate surface area is 189 Å². The van der Waals surface area contributed by atoms with Gasteiger partial charge in [0.25, 0.3) is 0 Å². The van der Waals surface area contributed by atoms with Crippen LogP contribution in [0.3, 0.4) is 0 Å². The van der Waals surface area contributed by atoms with E-state index >= 15 is 0 Å². The molecule has 0 aliphatic heterocycles. The van der Waals surface area contributed by atoms with Gasteiger partial charge in [-0.05, 0) is 43.7 Å². The zero-order valence-corrected chi connectivity index (χ0v) is 19.0. The number of pyridine rings is 1. The molecule has 0 bridgehead atoms. The van der Waals surface area contributed by atoms with Crippen molar-refractivity contribution in [2.75, 3.05) is 0 Å². The van der Waals surface area contributed by atoms with E-state index in [0.717, 1.165) is 28.1 Å². The number of nitrogens with zero attached hydrogens (tertiary/aromatic N) is 1. The molecule has 0 radical (unpaired) electrons. The summed E-state index contributed by atoms with van der Waals surface area (Å²) < 4.78 is 11.9. The molecule has 0 atom stereocenters. The summed E-state index contributed by atoms with van der Waals surface area (Å²) in [7, 11) is 0. The van der Waals surface area contributed by atoms with Crippen molar-refractivity contribution in [2.45, 2.75) is 40.9 Å². The van der Waals surface area contributed by atoms with E-state index in [2.05, 4.69) is 4.98 Å². The molecule has 0 amide bonds. The predicted molar refractivity (Wildman–Crippen MR) is 129 cm³/mol. The second-order valence-corrected chi connectivity index (χ2v) is 6.95. The molecule has 0 aliphatic rings. The molecule has 0 fully saturated rings. The summed E-state index contributed by atoms with van der Waals surface area (Å²) in [6, 6.07) is 14.5. The Kier molecular flexibility index (Phi) is 8.77. The van der Waals surface area contributed by atoms with E-state index < -0.39 is 0 Å². The molecule has 0 aliphatic carbocycles. The van der Waals surface area contributed by atoms with E-state index in [1.54, 1.807) is 42.6 Å². The van der Waals surface area contributed by atoms with Gasteiger partial charge in [-0.1, -0.05) is 38.1 Å². The van der Waals surface area contributed by atoms with Crippen molar-refractivity contribution in [1.29, 1.82) is 10.8 Å². The molecule has 6 N–H and O–H groups in total. The van der Waals surface area contributed by atoms with Crippen LogP contribution in [0.25, 0.3) is 0 Å².